The first kappa shape index (κ1) is 12.0. The number of sulfonamides is 1. The van der Waals surface area contributed by atoms with E-state index in [2.05, 4.69) is 11.3 Å². The van der Waals surface area contributed by atoms with Crippen LogP contribution in [0, 0.1) is 0 Å². The zero-order valence-electron chi connectivity index (χ0n) is 7.77. The van der Waals surface area contributed by atoms with Crippen molar-refractivity contribution in [2.45, 2.75) is 4.90 Å². The first-order valence-corrected chi connectivity index (χ1v) is 5.90. The monoisotopic (exact) mass is 247 g/mol. The van der Waals surface area contributed by atoms with Crippen LogP contribution in [0.3, 0.4) is 0 Å². The highest BCUT2D eigenvalue weighted by atomic mass is 35.5. The first-order valence-electron chi connectivity index (χ1n) is 4.04. The van der Waals surface area contributed by atoms with Crippen LogP contribution < -0.4 is 4.72 Å². The molecule has 0 spiro atoms. The minimum atomic E-state index is -3.63. The third-order valence-corrected chi connectivity index (χ3v) is 3.11. The van der Waals surface area contributed by atoms with Crippen molar-refractivity contribution in [3.63, 3.8) is 0 Å². The van der Waals surface area contributed by atoms with E-state index in [4.69, 9.17) is 16.7 Å². The molecule has 0 saturated carbocycles. The van der Waals surface area contributed by atoms with Crippen molar-refractivity contribution in [3.8, 4) is 5.75 Å². The van der Waals surface area contributed by atoms with Gasteiger partial charge in [-0.15, -0.1) is 0 Å². The molecule has 0 bridgehead atoms. The van der Waals surface area contributed by atoms with Crippen molar-refractivity contribution in [2.75, 3.05) is 6.54 Å². The Hall–Kier alpha value is -1.04. The Morgan fingerprint density at radius 1 is 1.53 bits per heavy atom. The highest BCUT2D eigenvalue weighted by Crippen LogP contribution is 2.15. The van der Waals surface area contributed by atoms with Crippen LogP contribution in [0.25, 0.3) is 0 Å². The quantitative estimate of drug-likeness (QED) is 0.846. The fourth-order valence-corrected chi connectivity index (χ4v) is 2.12. The van der Waals surface area contributed by atoms with Crippen molar-refractivity contribution in [2.24, 2.45) is 0 Å². The van der Waals surface area contributed by atoms with E-state index in [1.165, 1.54) is 18.2 Å². The maximum Gasteiger partial charge on any atom is 0.241 e. The predicted molar refractivity (Wildman–Crippen MR) is 58.3 cm³/mol. The Morgan fingerprint density at radius 3 is 2.73 bits per heavy atom. The van der Waals surface area contributed by atoms with E-state index >= 15 is 0 Å². The number of phenolic OH excluding ortho intramolecular Hbond substituents is 1. The number of aromatic hydroxyl groups is 1. The number of hydrogen-bond donors (Lipinski definition) is 2. The first-order chi connectivity index (χ1) is 6.92. The Bertz CT molecular complexity index is 470. The lowest BCUT2D eigenvalue weighted by Crippen LogP contribution is -2.24. The Balaban J connectivity index is 2.91. The summed E-state index contributed by atoms with van der Waals surface area (Å²) in [6.07, 6.45) is 0. The molecule has 1 aromatic rings. The molecule has 0 aliphatic carbocycles. The molecule has 1 rings (SSSR count). The average molecular weight is 248 g/mol. The zero-order valence-corrected chi connectivity index (χ0v) is 9.35. The van der Waals surface area contributed by atoms with Crippen molar-refractivity contribution in [1.29, 1.82) is 0 Å². The number of benzene rings is 1. The van der Waals surface area contributed by atoms with E-state index in [0.29, 0.717) is 0 Å². The summed E-state index contributed by atoms with van der Waals surface area (Å²) in [6.45, 7) is 3.32. The van der Waals surface area contributed by atoms with Crippen LogP contribution in [0.4, 0.5) is 0 Å². The van der Waals surface area contributed by atoms with Crippen molar-refractivity contribution in [1.82, 2.24) is 4.72 Å². The number of rotatable bonds is 4. The molecule has 6 heteroatoms. The van der Waals surface area contributed by atoms with Crippen molar-refractivity contribution in [3.05, 3.63) is 35.9 Å². The molecular weight excluding hydrogens is 238 g/mol. The number of hydrogen-bond acceptors (Lipinski definition) is 3. The molecule has 0 aliphatic heterocycles. The van der Waals surface area contributed by atoms with E-state index in [-0.39, 0.29) is 22.2 Å². The molecule has 4 nitrogen and oxygen atoms in total. The Labute approximate surface area is 93.2 Å². The maximum atomic E-state index is 11.6. The molecule has 0 fully saturated rings. The van der Waals surface area contributed by atoms with Crippen molar-refractivity contribution < 1.29 is 13.5 Å². The van der Waals surface area contributed by atoms with Crippen LogP contribution in [0.15, 0.2) is 40.8 Å². The van der Waals surface area contributed by atoms with Gasteiger partial charge in [0.2, 0.25) is 10.0 Å². The summed E-state index contributed by atoms with van der Waals surface area (Å²) in [5.74, 6) is -0.109. The molecule has 0 aliphatic rings. The smallest absolute Gasteiger partial charge is 0.241 e. The lowest BCUT2D eigenvalue weighted by molar-refractivity contribution is 0.473. The van der Waals surface area contributed by atoms with E-state index in [1.807, 2.05) is 0 Å². The Morgan fingerprint density at radius 2 is 2.20 bits per heavy atom. The molecule has 0 unspecified atom stereocenters. The van der Waals surface area contributed by atoms with Crippen molar-refractivity contribution >= 4 is 21.6 Å². The summed E-state index contributed by atoms with van der Waals surface area (Å²) in [4.78, 5) is -0.0135. The standard InChI is InChI=1S/C9H10ClNO3S/c1-7(10)6-11-15(13,14)9-4-2-3-8(12)5-9/h2-5,11-12H,1,6H2. The van der Waals surface area contributed by atoms with Gasteiger partial charge in [0, 0.05) is 11.6 Å². The summed E-state index contributed by atoms with van der Waals surface area (Å²) in [6, 6.07) is 5.36. The summed E-state index contributed by atoms with van der Waals surface area (Å²) in [5, 5.41) is 9.31. The zero-order chi connectivity index (χ0) is 11.5. The normalized spacial score (nSPS) is 11.3. The third-order valence-electron chi connectivity index (χ3n) is 1.58. The second-order valence-corrected chi connectivity index (χ2v) is 5.14. The van der Waals surface area contributed by atoms with Crippen LogP contribution >= 0.6 is 11.6 Å². The molecule has 0 saturated heterocycles. The Kier molecular flexibility index (Phi) is 3.73. The predicted octanol–water partition coefficient (Wildman–Crippen LogP) is 1.42. The van der Waals surface area contributed by atoms with Crippen LogP contribution in [0.1, 0.15) is 0 Å². The van der Waals surface area contributed by atoms with Gasteiger partial charge in [0.05, 0.1) is 4.90 Å². The van der Waals surface area contributed by atoms with E-state index in [9.17, 15) is 8.42 Å². The molecular formula is C9H10ClNO3S. The highest BCUT2D eigenvalue weighted by molar-refractivity contribution is 7.89. The van der Waals surface area contributed by atoms with Gasteiger partial charge < -0.3 is 5.11 Å². The molecule has 15 heavy (non-hydrogen) atoms. The van der Waals surface area contributed by atoms with Crippen LogP contribution in [0.2, 0.25) is 0 Å². The lowest BCUT2D eigenvalue weighted by atomic mass is 10.3. The molecule has 0 radical (unpaired) electrons. The van der Waals surface area contributed by atoms with Gasteiger partial charge >= 0.3 is 0 Å². The summed E-state index contributed by atoms with van der Waals surface area (Å²) < 4.78 is 25.4. The van der Waals surface area contributed by atoms with Gasteiger partial charge in [0.15, 0.2) is 0 Å². The second-order valence-electron chi connectivity index (χ2n) is 2.84. The number of phenols is 1. The van der Waals surface area contributed by atoms with Gasteiger partial charge in [-0.25, -0.2) is 13.1 Å². The molecule has 0 aromatic heterocycles. The second kappa shape index (κ2) is 4.65. The average Bonchev–Trinajstić information content (AvgIpc) is 2.15. The van der Waals surface area contributed by atoms with Gasteiger partial charge in [-0.1, -0.05) is 24.2 Å². The van der Waals surface area contributed by atoms with E-state index in [0.717, 1.165) is 6.07 Å². The van der Waals surface area contributed by atoms with Crippen LogP contribution in [0.5, 0.6) is 5.75 Å². The fourth-order valence-electron chi connectivity index (χ4n) is 0.907. The van der Waals surface area contributed by atoms with Crippen LogP contribution in [-0.4, -0.2) is 20.1 Å². The maximum absolute atomic E-state index is 11.6. The molecule has 2 N–H and O–H groups in total. The topological polar surface area (TPSA) is 66.4 Å². The van der Waals surface area contributed by atoms with Gasteiger partial charge in [-0.3, -0.25) is 0 Å². The van der Waals surface area contributed by atoms with Gasteiger partial charge in [-0.05, 0) is 18.2 Å². The number of nitrogens with one attached hydrogen (secondary N) is 1. The minimum absolute atomic E-state index is 0.0135. The van der Waals surface area contributed by atoms with Gasteiger partial charge in [-0.2, -0.15) is 0 Å². The van der Waals surface area contributed by atoms with E-state index in [1.54, 1.807) is 0 Å². The highest BCUT2D eigenvalue weighted by Gasteiger charge is 2.13. The largest absolute Gasteiger partial charge is 0.508 e. The molecule has 0 atom stereocenters. The molecule has 82 valence electrons. The molecule has 0 amide bonds. The molecule has 1 aromatic carbocycles. The van der Waals surface area contributed by atoms with Crippen LogP contribution in [-0.2, 0) is 10.0 Å². The molecule has 0 heterocycles. The summed E-state index contributed by atoms with van der Waals surface area (Å²) in [7, 11) is -3.63. The SMILES string of the molecule is C=C(Cl)CNS(=O)(=O)c1cccc(O)c1. The summed E-state index contributed by atoms with van der Waals surface area (Å²) >= 11 is 5.43. The fraction of sp³-hybridized carbons (Fsp3) is 0.111. The third kappa shape index (κ3) is 3.54. The lowest BCUT2D eigenvalue weighted by Gasteiger charge is -2.05. The van der Waals surface area contributed by atoms with Gasteiger partial charge in [0.1, 0.15) is 5.75 Å². The minimum Gasteiger partial charge on any atom is -0.508 e. The van der Waals surface area contributed by atoms with Gasteiger partial charge in [0.25, 0.3) is 0 Å². The number of halogens is 1. The van der Waals surface area contributed by atoms with E-state index < -0.39 is 10.0 Å². The summed E-state index contributed by atoms with van der Waals surface area (Å²) in [5.41, 5.74) is 0.